The van der Waals surface area contributed by atoms with Gasteiger partial charge in [-0.25, -0.2) is 13.0 Å². The van der Waals surface area contributed by atoms with Crippen molar-refractivity contribution >= 4 is 32.5 Å². The summed E-state index contributed by atoms with van der Waals surface area (Å²) >= 11 is 1.50. The molecule has 1 saturated heterocycles. The first-order valence-electron chi connectivity index (χ1n) is 6.23. The monoisotopic (exact) mass is 376 g/mol. The highest BCUT2D eigenvalue weighted by molar-refractivity contribution is 8.15. The second-order valence-electron chi connectivity index (χ2n) is 5.30. The Labute approximate surface area is 134 Å². The van der Waals surface area contributed by atoms with Crippen molar-refractivity contribution in [2.75, 3.05) is 11.5 Å². The van der Waals surface area contributed by atoms with Crippen LogP contribution in [0.15, 0.2) is 18.2 Å². The molecule has 1 aromatic carbocycles. The molecule has 1 aromatic rings. The Morgan fingerprint density at radius 3 is 2.65 bits per heavy atom. The van der Waals surface area contributed by atoms with E-state index < -0.39 is 9.84 Å². The maximum Gasteiger partial charge on any atom is 0.310 e. The van der Waals surface area contributed by atoms with E-state index in [1.165, 1.54) is 17.3 Å². The number of hydrogen-bond donors (Lipinski definition) is 1. The van der Waals surface area contributed by atoms with Crippen LogP contribution in [0.4, 0.5) is 5.69 Å². The van der Waals surface area contributed by atoms with Crippen molar-refractivity contribution < 1.29 is 30.0 Å². The number of hydrogen-bond acceptors (Lipinski definition) is 4. The van der Waals surface area contributed by atoms with Gasteiger partial charge in [-0.15, -0.1) is 0 Å². The fourth-order valence-corrected chi connectivity index (χ4v) is 6.71. The number of rotatable bonds is 1. The van der Waals surface area contributed by atoms with E-state index in [0.29, 0.717) is 0 Å². The molecule has 110 valence electrons. The van der Waals surface area contributed by atoms with E-state index in [4.69, 9.17) is 5.73 Å². The molecule has 1 fully saturated rings. The molecule has 0 spiro atoms. The normalized spacial score (nSPS) is 27.3. The van der Waals surface area contributed by atoms with E-state index in [0.717, 1.165) is 16.4 Å². The molecule has 20 heavy (non-hydrogen) atoms. The van der Waals surface area contributed by atoms with Crippen LogP contribution in [0.25, 0.3) is 0 Å². The standard InChI is InChI=1S/C13H16N2O2S2.BrH/c1-8-3-4-10(9(2)5-8)15-11-6-19(16,17)7-12(11)18-13(15)14;/h3-5,11-12,14H,6-7H2,1-2H3;1H. The minimum Gasteiger partial charge on any atom is -1.00 e. The number of fused-ring (bicyclic) bond motifs is 1. The molecule has 0 aliphatic carbocycles. The maximum absolute atomic E-state index is 11.8. The first kappa shape index (κ1) is 15.9. The number of thioether (sulfide) groups is 1. The first-order chi connectivity index (χ1) is 8.87. The predicted octanol–water partition coefficient (Wildman–Crippen LogP) is -1.82. The van der Waals surface area contributed by atoms with Crippen molar-refractivity contribution in [3.63, 3.8) is 0 Å². The summed E-state index contributed by atoms with van der Waals surface area (Å²) in [5, 5.41) is 0.794. The van der Waals surface area contributed by atoms with Crippen LogP contribution >= 0.6 is 11.8 Å². The van der Waals surface area contributed by atoms with Crippen LogP contribution in [0.3, 0.4) is 0 Å². The summed E-state index contributed by atoms with van der Waals surface area (Å²) in [5.41, 5.74) is 9.46. The first-order valence-corrected chi connectivity index (χ1v) is 8.93. The van der Waals surface area contributed by atoms with Gasteiger partial charge < -0.3 is 17.0 Å². The molecule has 2 N–H and O–H groups in total. The molecule has 0 radical (unpaired) electrons. The molecular weight excluding hydrogens is 360 g/mol. The molecule has 3 rings (SSSR count). The number of nitrogens with two attached hydrogens (primary N) is 1. The van der Waals surface area contributed by atoms with Crippen LogP contribution in [0.1, 0.15) is 11.1 Å². The SMILES string of the molecule is Cc1ccc([N+]2=C(N)SC3CS(=O)(=O)CC32)c(C)c1.[Br-]. The molecule has 2 aliphatic rings. The molecule has 0 amide bonds. The molecule has 4 nitrogen and oxygen atoms in total. The maximum atomic E-state index is 11.8. The zero-order valence-corrected chi connectivity index (χ0v) is 14.6. The lowest BCUT2D eigenvalue weighted by Crippen LogP contribution is -3.00. The lowest BCUT2D eigenvalue weighted by molar-refractivity contribution is -0.471. The number of halogens is 1. The summed E-state index contributed by atoms with van der Waals surface area (Å²) in [5.74, 6) is 0.448. The summed E-state index contributed by atoms with van der Waals surface area (Å²) in [7, 11) is -2.92. The molecule has 2 heterocycles. The lowest BCUT2D eigenvalue weighted by atomic mass is 10.1. The largest absolute Gasteiger partial charge is 1.00 e. The molecule has 2 unspecified atom stereocenters. The Bertz CT molecular complexity index is 686. The van der Waals surface area contributed by atoms with E-state index in [1.54, 1.807) is 0 Å². The Balaban J connectivity index is 0.00000147. The van der Waals surface area contributed by atoms with E-state index in [2.05, 4.69) is 6.07 Å². The average molecular weight is 377 g/mol. The zero-order valence-electron chi connectivity index (χ0n) is 11.3. The van der Waals surface area contributed by atoms with Gasteiger partial charge in [-0.3, -0.25) is 5.73 Å². The van der Waals surface area contributed by atoms with Crippen molar-refractivity contribution in [2.24, 2.45) is 5.73 Å². The van der Waals surface area contributed by atoms with Gasteiger partial charge in [0, 0.05) is 0 Å². The van der Waals surface area contributed by atoms with Crippen LogP contribution in [-0.4, -0.2) is 41.0 Å². The topological polar surface area (TPSA) is 63.2 Å². The van der Waals surface area contributed by atoms with Gasteiger partial charge in [-0.2, -0.15) is 0 Å². The minimum atomic E-state index is -2.92. The molecule has 0 aromatic heterocycles. The van der Waals surface area contributed by atoms with Gasteiger partial charge in [0.25, 0.3) is 0 Å². The number of amidine groups is 1. The number of aryl methyl sites for hydroxylation is 2. The third-order valence-corrected chi connectivity index (χ3v) is 6.87. The minimum absolute atomic E-state index is 0. The average Bonchev–Trinajstić information content (AvgIpc) is 2.70. The van der Waals surface area contributed by atoms with Crippen molar-refractivity contribution in [3.05, 3.63) is 29.3 Å². The van der Waals surface area contributed by atoms with Gasteiger partial charge in [-0.05, 0) is 37.2 Å². The van der Waals surface area contributed by atoms with Gasteiger partial charge in [0.1, 0.15) is 11.7 Å². The number of benzene rings is 1. The quantitative estimate of drug-likeness (QED) is 0.586. The smallest absolute Gasteiger partial charge is 0.310 e. The highest BCUT2D eigenvalue weighted by atomic mass is 79.9. The number of nitrogens with zero attached hydrogens (tertiary/aromatic N) is 1. The van der Waals surface area contributed by atoms with Gasteiger partial charge in [0.05, 0.1) is 16.8 Å². The van der Waals surface area contributed by atoms with Crippen molar-refractivity contribution in [1.29, 1.82) is 0 Å². The Morgan fingerprint density at radius 2 is 2.00 bits per heavy atom. The summed E-state index contributed by atoms with van der Waals surface area (Å²) in [6.07, 6.45) is 0. The van der Waals surface area contributed by atoms with E-state index in [1.807, 2.05) is 30.6 Å². The Hall–Kier alpha value is -0.530. The van der Waals surface area contributed by atoms with E-state index in [9.17, 15) is 8.42 Å². The van der Waals surface area contributed by atoms with Crippen molar-refractivity contribution in [1.82, 2.24) is 0 Å². The Kier molecular flexibility index (Phi) is 4.24. The summed E-state index contributed by atoms with van der Waals surface area (Å²) in [6, 6.07) is 6.16. The van der Waals surface area contributed by atoms with Crippen LogP contribution in [0.2, 0.25) is 0 Å². The molecule has 7 heteroatoms. The molecule has 0 bridgehead atoms. The summed E-state index contributed by atoms with van der Waals surface area (Å²) < 4.78 is 25.6. The summed E-state index contributed by atoms with van der Waals surface area (Å²) in [6.45, 7) is 4.09. The van der Waals surface area contributed by atoms with E-state index in [-0.39, 0.29) is 39.8 Å². The lowest BCUT2D eigenvalue weighted by Gasteiger charge is -2.13. The zero-order chi connectivity index (χ0) is 13.8. The highest BCUT2D eigenvalue weighted by Gasteiger charge is 2.49. The van der Waals surface area contributed by atoms with Gasteiger partial charge >= 0.3 is 5.17 Å². The summed E-state index contributed by atoms with van der Waals surface area (Å²) in [4.78, 5) is 0. The van der Waals surface area contributed by atoms with Crippen LogP contribution < -0.4 is 22.7 Å². The van der Waals surface area contributed by atoms with Gasteiger partial charge in [0.2, 0.25) is 0 Å². The van der Waals surface area contributed by atoms with Gasteiger partial charge in [0.15, 0.2) is 9.84 Å². The van der Waals surface area contributed by atoms with Crippen LogP contribution in [0.5, 0.6) is 0 Å². The molecular formula is C13H17BrN2O2S2. The van der Waals surface area contributed by atoms with Crippen molar-refractivity contribution in [2.45, 2.75) is 25.1 Å². The third kappa shape index (κ3) is 2.63. The van der Waals surface area contributed by atoms with Crippen LogP contribution in [-0.2, 0) is 9.84 Å². The van der Waals surface area contributed by atoms with E-state index >= 15 is 0 Å². The molecule has 2 aliphatic heterocycles. The predicted molar refractivity (Wildman–Crippen MR) is 78.9 cm³/mol. The highest BCUT2D eigenvalue weighted by Crippen LogP contribution is 2.37. The second kappa shape index (κ2) is 5.35. The van der Waals surface area contributed by atoms with Gasteiger partial charge in [-0.1, -0.05) is 17.7 Å². The third-order valence-electron chi connectivity index (χ3n) is 3.73. The Morgan fingerprint density at radius 1 is 1.30 bits per heavy atom. The molecule has 0 saturated carbocycles. The van der Waals surface area contributed by atoms with Crippen molar-refractivity contribution in [3.8, 4) is 0 Å². The molecule has 2 atom stereocenters. The van der Waals surface area contributed by atoms with Crippen LogP contribution in [0, 0.1) is 13.8 Å². The second-order valence-corrected chi connectivity index (χ2v) is 8.71. The fourth-order valence-electron chi connectivity index (χ4n) is 2.90. The fraction of sp³-hybridized carbons (Fsp3) is 0.462. The number of sulfone groups is 1.